The number of piperidine rings is 1. The highest BCUT2D eigenvalue weighted by atomic mass is 32.2. The monoisotopic (exact) mass is 464 g/mol. The quantitative estimate of drug-likeness (QED) is 0.605. The van der Waals surface area contributed by atoms with Crippen molar-refractivity contribution in [3.05, 3.63) is 46.7 Å². The fraction of sp³-hybridized carbons (Fsp3) is 0.429. The van der Waals surface area contributed by atoms with E-state index in [1.807, 2.05) is 19.9 Å². The number of rotatable bonds is 6. The van der Waals surface area contributed by atoms with E-state index < -0.39 is 10.0 Å². The molecule has 1 aliphatic rings. The van der Waals surface area contributed by atoms with Crippen molar-refractivity contribution < 1.29 is 17.6 Å². The van der Waals surface area contributed by atoms with E-state index in [-0.39, 0.29) is 23.5 Å². The van der Waals surface area contributed by atoms with Gasteiger partial charge in [-0.15, -0.1) is 11.3 Å². The largest absolute Gasteiger partial charge is 0.349 e. The van der Waals surface area contributed by atoms with Gasteiger partial charge in [-0.25, -0.2) is 21.8 Å². The molecule has 1 fully saturated rings. The van der Waals surface area contributed by atoms with E-state index in [2.05, 4.69) is 10.4 Å². The van der Waals surface area contributed by atoms with Crippen LogP contribution in [-0.4, -0.2) is 53.3 Å². The minimum Gasteiger partial charge on any atom is -0.349 e. The van der Waals surface area contributed by atoms with E-state index in [1.54, 1.807) is 16.8 Å². The van der Waals surface area contributed by atoms with Gasteiger partial charge in [-0.2, -0.15) is 5.10 Å². The van der Waals surface area contributed by atoms with Gasteiger partial charge in [0.05, 0.1) is 22.0 Å². The second-order valence-electron chi connectivity index (χ2n) is 7.77. The maximum atomic E-state index is 13.3. The van der Waals surface area contributed by atoms with E-state index in [9.17, 15) is 17.6 Å². The summed E-state index contributed by atoms with van der Waals surface area (Å²) in [4.78, 5) is 14.3. The van der Waals surface area contributed by atoms with Crippen molar-refractivity contribution in [2.24, 2.45) is 0 Å². The summed E-state index contributed by atoms with van der Waals surface area (Å²) < 4.78 is 41.0. The third kappa shape index (κ3) is 4.51. The third-order valence-corrected chi connectivity index (χ3v) is 8.67. The SMILES string of the molecule is CCCS(=O)(=O)N1CCC(NC(=O)c2cc3c(C)nn(-c4ccc(F)cc4)c3s2)CC1. The number of carbonyl (C=O) groups excluding carboxylic acids is 1. The van der Waals surface area contributed by atoms with Gasteiger partial charge in [-0.1, -0.05) is 6.92 Å². The van der Waals surface area contributed by atoms with Gasteiger partial charge in [0.2, 0.25) is 10.0 Å². The number of hydrogen-bond acceptors (Lipinski definition) is 5. The van der Waals surface area contributed by atoms with Crippen molar-refractivity contribution in [1.29, 1.82) is 0 Å². The van der Waals surface area contributed by atoms with Crippen molar-refractivity contribution in [3.8, 4) is 5.69 Å². The number of aromatic nitrogens is 2. The first-order chi connectivity index (χ1) is 14.8. The van der Waals surface area contributed by atoms with Gasteiger partial charge in [-0.05, 0) is 56.5 Å². The van der Waals surface area contributed by atoms with Crippen LogP contribution in [0, 0.1) is 12.7 Å². The molecule has 1 amide bonds. The number of thiophene rings is 1. The topological polar surface area (TPSA) is 84.3 Å². The zero-order valence-electron chi connectivity index (χ0n) is 17.5. The molecule has 3 aromatic rings. The first kappa shape index (κ1) is 21.9. The lowest BCUT2D eigenvalue weighted by Gasteiger charge is -2.31. The molecule has 1 aromatic carbocycles. The van der Waals surface area contributed by atoms with Crippen LogP contribution in [0.25, 0.3) is 15.9 Å². The summed E-state index contributed by atoms with van der Waals surface area (Å²) in [6.07, 6.45) is 1.80. The van der Waals surface area contributed by atoms with E-state index in [0.29, 0.717) is 37.2 Å². The predicted molar refractivity (Wildman–Crippen MR) is 120 cm³/mol. The zero-order chi connectivity index (χ0) is 22.2. The number of aryl methyl sites for hydroxylation is 1. The van der Waals surface area contributed by atoms with Crippen molar-refractivity contribution in [2.75, 3.05) is 18.8 Å². The highest BCUT2D eigenvalue weighted by Crippen LogP contribution is 2.30. The number of benzene rings is 1. The van der Waals surface area contributed by atoms with Crippen LogP contribution < -0.4 is 5.32 Å². The molecule has 4 rings (SSSR count). The molecule has 0 bridgehead atoms. The van der Waals surface area contributed by atoms with Crippen LogP contribution in [0.2, 0.25) is 0 Å². The first-order valence-electron chi connectivity index (χ1n) is 10.3. The van der Waals surface area contributed by atoms with Gasteiger partial charge >= 0.3 is 0 Å². The molecule has 1 saturated heterocycles. The van der Waals surface area contributed by atoms with Crippen molar-refractivity contribution >= 4 is 37.5 Å². The molecule has 10 heteroatoms. The molecule has 3 heterocycles. The smallest absolute Gasteiger partial charge is 0.261 e. The van der Waals surface area contributed by atoms with Gasteiger partial charge in [-0.3, -0.25) is 4.79 Å². The Morgan fingerprint density at radius 1 is 1.26 bits per heavy atom. The maximum Gasteiger partial charge on any atom is 0.261 e. The van der Waals surface area contributed by atoms with E-state index in [4.69, 9.17) is 0 Å². The predicted octanol–water partition coefficient (Wildman–Crippen LogP) is 3.47. The number of sulfonamides is 1. The number of fused-ring (bicyclic) bond motifs is 1. The Morgan fingerprint density at radius 3 is 2.58 bits per heavy atom. The second-order valence-corrected chi connectivity index (χ2v) is 10.9. The van der Waals surface area contributed by atoms with Gasteiger partial charge in [0.15, 0.2) is 0 Å². The first-order valence-corrected chi connectivity index (χ1v) is 12.7. The molecule has 0 saturated carbocycles. The lowest BCUT2D eigenvalue weighted by Crippen LogP contribution is -2.46. The van der Waals surface area contributed by atoms with Gasteiger partial charge < -0.3 is 5.32 Å². The molecule has 0 aliphatic carbocycles. The number of nitrogens with one attached hydrogen (secondary N) is 1. The van der Waals surface area contributed by atoms with Gasteiger partial charge in [0, 0.05) is 24.5 Å². The van der Waals surface area contributed by atoms with E-state index in [0.717, 1.165) is 21.6 Å². The molecule has 0 radical (unpaired) electrons. The Kier molecular flexibility index (Phi) is 6.14. The van der Waals surface area contributed by atoms with Crippen LogP contribution in [0.3, 0.4) is 0 Å². The van der Waals surface area contributed by atoms with Crippen molar-refractivity contribution in [2.45, 2.75) is 39.2 Å². The van der Waals surface area contributed by atoms with Crippen LogP contribution in [0.1, 0.15) is 41.6 Å². The Hall–Kier alpha value is -2.30. The van der Waals surface area contributed by atoms with Crippen LogP contribution in [0.5, 0.6) is 0 Å². The van der Waals surface area contributed by atoms with Crippen LogP contribution in [0.15, 0.2) is 30.3 Å². The highest BCUT2D eigenvalue weighted by molar-refractivity contribution is 7.89. The lowest BCUT2D eigenvalue weighted by molar-refractivity contribution is 0.0928. The molecular weight excluding hydrogens is 439 g/mol. The summed E-state index contributed by atoms with van der Waals surface area (Å²) in [6, 6.07) is 7.85. The molecular formula is C21H25FN4O3S2. The lowest BCUT2D eigenvalue weighted by atomic mass is 10.1. The fourth-order valence-electron chi connectivity index (χ4n) is 3.84. The van der Waals surface area contributed by atoms with Crippen LogP contribution in [0.4, 0.5) is 4.39 Å². The van der Waals surface area contributed by atoms with Crippen LogP contribution in [-0.2, 0) is 10.0 Å². The van der Waals surface area contributed by atoms with E-state index in [1.165, 1.54) is 27.8 Å². The molecule has 0 spiro atoms. The minimum absolute atomic E-state index is 0.0551. The highest BCUT2D eigenvalue weighted by Gasteiger charge is 2.28. The fourth-order valence-corrected chi connectivity index (χ4v) is 6.47. The molecule has 31 heavy (non-hydrogen) atoms. The Labute approximate surface area is 184 Å². The number of hydrogen-bond donors (Lipinski definition) is 1. The Bertz CT molecular complexity index is 1190. The summed E-state index contributed by atoms with van der Waals surface area (Å²) in [7, 11) is -3.20. The minimum atomic E-state index is -3.20. The average Bonchev–Trinajstić information content (AvgIpc) is 3.30. The number of nitrogens with zero attached hydrogens (tertiary/aromatic N) is 3. The second kappa shape index (κ2) is 8.68. The average molecular weight is 465 g/mol. The Balaban J connectivity index is 1.47. The zero-order valence-corrected chi connectivity index (χ0v) is 19.1. The molecule has 1 N–H and O–H groups in total. The normalized spacial score (nSPS) is 16.1. The van der Waals surface area contributed by atoms with E-state index >= 15 is 0 Å². The van der Waals surface area contributed by atoms with Crippen molar-refractivity contribution in [3.63, 3.8) is 0 Å². The number of amides is 1. The molecule has 166 valence electrons. The van der Waals surface area contributed by atoms with Crippen LogP contribution >= 0.6 is 11.3 Å². The summed E-state index contributed by atoms with van der Waals surface area (Å²) in [6.45, 7) is 4.59. The van der Waals surface area contributed by atoms with Crippen molar-refractivity contribution in [1.82, 2.24) is 19.4 Å². The van der Waals surface area contributed by atoms with Gasteiger partial charge in [0.1, 0.15) is 10.6 Å². The standard InChI is InChI=1S/C21H25FN4O3S2/c1-3-12-31(28,29)25-10-8-16(9-11-25)23-20(27)19-13-18-14(2)24-26(21(18)30-19)17-6-4-15(22)5-7-17/h4-7,13,16H,3,8-12H2,1-2H3,(H,23,27). The van der Waals surface area contributed by atoms with Gasteiger partial charge in [0.25, 0.3) is 5.91 Å². The summed E-state index contributed by atoms with van der Waals surface area (Å²) in [5.74, 6) is -0.319. The molecule has 0 unspecified atom stereocenters. The number of carbonyl (C=O) groups is 1. The molecule has 0 atom stereocenters. The Morgan fingerprint density at radius 2 is 1.94 bits per heavy atom. The maximum absolute atomic E-state index is 13.3. The summed E-state index contributed by atoms with van der Waals surface area (Å²) >= 11 is 1.34. The number of halogens is 1. The molecule has 1 aliphatic heterocycles. The summed E-state index contributed by atoms with van der Waals surface area (Å²) in [5.41, 5.74) is 1.53. The third-order valence-electron chi connectivity index (χ3n) is 5.48. The summed E-state index contributed by atoms with van der Waals surface area (Å²) in [5, 5.41) is 8.46. The molecule has 2 aromatic heterocycles. The molecule has 7 nitrogen and oxygen atoms in total.